The van der Waals surface area contributed by atoms with Crippen LogP contribution in [0.15, 0.2) is 11.1 Å². The molecule has 0 saturated carbocycles. The third kappa shape index (κ3) is 41.5. The van der Waals surface area contributed by atoms with Crippen molar-refractivity contribution in [3.05, 3.63) is 36.1 Å². The molecule has 176 valence electrons. The van der Waals surface area contributed by atoms with Gasteiger partial charge in [-0.05, 0) is 12.8 Å². The minimum Gasteiger partial charge on any atom is -0.335 e. The van der Waals surface area contributed by atoms with Crippen LogP contribution in [0, 0.1) is 36.8 Å². The summed E-state index contributed by atoms with van der Waals surface area (Å²) in [4.78, 5) is 0. The van der Waals surface area contributed by atoms with E-state index in [4.69, 9.17) is 9.47 Å². The molecule has 2 nitrogen and oxygen atoms in total. The molecule has 6 heteroatoms. The standard InChI is InChI=1S/2C11H20O.2ClH.2Pt/c2*1-10(2)6-5-7-11(3)8-9-12-4;;;;/h2*6,10H,5,7,9H2,1-4H3;2*1H;;. The van der Waals surface area contributed by atoms with Crippen LogP contribution in [0.3, 0.4) is 0 Å². The van der Waals surface area contributed by atoms with Crippen LogP contribution in [0.2, 0.25) is 0 Å². The third-order valence-corrected chi connectivity index (χ3v) is 3.35. The Labute approximate surface area is 217 Å². The Morgan fingerprint density at radius 2 is 1.00 bits per heavy atom. The van der Waals surface area contributed by atoms with Gasteiger partial charge < -0.3 is 22.3 Å². The average molecular weight is 800 g/mol. The van der Waals surface area contributed by atoms with Gasteiger partial charge in [-0.1, -0.05) is 27.7 Å². The molecule has 0 heterocycles. The number of allylic oxidation sites excluding steroid dienone is 2. The molecule has 0 unspecified atom stereocenters. The molecule has 0 radical (unpaired) electrons. The van der Waals surface area contributed by atoms with Gasteiger partial charge in [0.15, 0.2) is 11.1 Å². The first-order valence-corrected chi connectivity index (χ1v) is 9.10. The van der Waals surface area contributed by atoms with E-state index in [0.29, 0.717) is 25.0 Å². The summed E-state index contributed by atoms with van der Waals surface area (Å²) in [5, 5.41) is 0. The Morgan fingerprint density at radius 3 is 1.21 bits per heavy atom. The van der Waals surface area contributed by atoms with Crippen LogP contribution in [-0.4, -0.2) is 27.4 Å². The smallest absolute Gasteiger partial charge is 0.266 e. The molecule has 0 rings (SSSR count). The van der Waals surface area contributed by atoms with Crippen LogP contribution in [-0.2, 0) is 51.6 Å². The zero-order valence-corrected chi connectivity index (χ0v) is 25.0. The second-order valence-electron chi connectivity index (χ2n) is 6.82. The van der Waals surface area contributed by atoms with E-state index in [1.807, 2.05) is 0 Å². The average Bonchev–Trinajstić information content (AvgIpc) is 2.50. The number of ether oxygens (including phenoxy) is 2. The van der Waals surface area contributed by atoms with E-state index in [9.17, 15) is 0 Å². The SMILES string of the molecule is COC[C+]=C(C)CC[CH-]C(C)C.COC[C+]=C(C)CC[CH-]C(C)C.Cl.Cl.[Pt].[Pt]. The molecular weight excluding hydrogens is 757 g/mol. The minimum atomic E-state index is 0. The van der Waals surface area contributed by atoms with Crippen LogP contribution in [0.1, 0.15) is 67.2 Å². The van der Waals surface area contributed by atoms with E-state index in [1.54, 1.807) is 14.2 Å². The predicted molar refractivity (Wildman–Crippen MR) is 120 cm³/mol. The van der Waals surface area contributed by atoms with Crippen molar-refractivity contribution in [2.75, 3.05) is 27.4 Å². The first-order valence-electron chi connectivity index (χ1n) is 9.10. The molecule has 0 aliphatic rings. The third-order valence-electron chi connectivity index (χ3n) is 3.35. The van der Waals surface area contributed by atoms with E-state index >= 15 is 0 Å². The molecule has 0 bridgehead atoms. The molecule has 0 atom stereocenters. The molecule has 0 aromatic heterocycles. The van der Waals surface area contributed by atoms with Gasteiger partial charge in [0.2, 0.25) is 0 Å². The molecule has 0 aromatic carbocycles. The zero-order chi connectivity index (χ0) is 18.8. The van der Waals surface area contributed by atoms with Crippen molar-refractivity contribution in [2.45, 2.75) is 67.2 Å². The largest absolute Gasteiger partial charge is 0.335 e. The number of hydrogen-bond donors (Lipinski definition) is 0. The Hall–Kier alpha value is 1.18. The summed E-state index contributed by atoms with van der Waals surface area (Å²) in [6.45, 7) is 14.3. The van der Waals surface area contributed by atoms with Crippen molar-refractivity contribution < 1.29 is 51.6 Å². The van der Waals surface area contributed by atoms with Gasteiger partial charge in [0, 0.05) is 70.2 Å². The molecule has 0 spiro atoms. The maximum absolute atomic E-state index is 4.90. The first-order chi connectivity index (χ1) is 11.3. The van der Waals surface area contributed by atoms with Crippen molar-refractivity contribution in [3.63, 3.8) is 0 Å². The van der Waals surface area contributed by atoms with Gasteiger partial charge in [-0.2, -0.15) is 24.7 Å². The second kappa shape index (κ2) is 32.8. The van der Waals surface area contributed by atoms with Crippen molar-refractivity contribution >= 4 is 24.8 Å². The molecular formula is C22H42Cl2O2Pt2. The summed E-state index contributed by atoms with van der Waals surface area (Å²) < 4.78 is 9.80. The summed E-state index contributed by atoms with van der Waals surface area (Å²) in [5.74, 6) is 1.39. The van der Waals surface area contributed by atoms with Crippen LogP contribution in [0.5, 0.6) is 0 Å². The quantitative estimate of drug-likeness (QED) is 0.201. The van der Waals surface area contributed by atoms with Gasteiger partial charge in [-0.3, -0.25) is 0 Å². The van der Waals surface area contributed by atoms with Gasteiger partial charge in [0.05, 0.1) is 0 Å². The number of hydrogen-bond acceptors (Lipinski definition) is 2. The maximum atomic E-state index is 4.90. The van der Waals surface area contributed by atoms with E-state index in [0.717, 1.165) is 25.7 Å². The fourth-order valence-electron chi connectivity index (χ4n) is 1.83. The van der Waals surface area contributed by atoms with Crippen molar-refractivity contribution in [1.82, 2.24) is 0 Å². The predicted octanol–water partition coefficient (Wildman–Crippen LogP) is 6.88. The van der Waals surface area contributed by atoms with E-state index in [2.05, 4.69) is 66.5 Å². The monoisotopic (exact) mass is 798 g/mol. The molecule has 0 N–H and O–H groups in total. The summed E-state index contributed by atoms with van der Waals surface area (Å²) in [7, 11) is 3.39. The van der Waals surface area contributed by atoms with Crippen molar-refractivity contribution in [3.8, 4) is 0 Å². The van der Waals surface area contributed by atoms with Gasteiger partial charge in [0.25, 0.3) is 25.4 Å². The molecule has 0 aliphatic carbocycles. The van der Waals surface area contributed by atoms with E-state index < -0.39 is 0 Å². The first kappa shape index (κ1) is 43.1. The van der Waals surface area contributed by atoms with Crippen LogP contribution < -0.4 is 0 Å². The molecule has 0 saturated heterocycles. The molecule has 0 aliphatic heterocycles. The summed E-state index contributed by atoms with van der Waals surface area (Å²) >= 11 is 0. The molecule has 28 heavy (non-hydrogen) atoms. The fourth-order valence-corrected chi connectivity index (χ4v) is 1.83. The summed E-state index contributed by atoms with van der Waals surface area (Å²) in [5.41, 5.74) is 2.60. The topological polar surface area (TPSA) is 18.5 Å². The van der Waals surface area contributed by atoms with Gasteiger partial charge in [-0.25, -0.2) is 0 Å². The normalized spacial score (nSPS) is 10.2. The van der Waals surface area contributed by atoms with E-state index in [-0.39, 0.29) is 66.9 Å². The molecule has 0 aromatic rings. The van der Waals surface area contributed by atoms with Crippen LogP contribution in [0.25, 0.3) is 0 Å². The Morgan fingerprint density at radius 1 is 0.714 bits per heavy atom. The Kier molecular flexibility index (Phi) is 50.6. The van der Waals surface area contributed by atoms with Crippen LogP contribution >= 0.6 is 24.8 Å². The number of halogens is 2. The number of rotatable bonds is 12. The zero-order valence-electron chi connectivity index (χ0n) is 18.8. The number of methoxy groups -OCH3 is 2. The van der Waals surface area contributed by atoms with Crippen molar-refractivity contribution in [1.29, 1.82) is 0 Å². The maximum Gasteiger partial charge on any atom is 0.266 e. The van der Waals surface area contributed by atoms with Gasteiger partial charge in [0.1, 0.15) is 0 Å². The van der Waals surface area contributed by atoms with Crippen LogP contribution in [0.4, 0.5) is 0 Å². The molecule has 0 fully saturated rings. The fraction of sp³-hybridized carbons (Fsp3) is 0.727. The molecule has 0 amide bonds. The van der Waals surface area contributed by atoms with Gasteiger partial charge in [-0.15, -0.1) is 24.8 Å². The Balaban J connectivity index is -0.0000000756. The minimum absolute atomic E-state index is 0. The summed E-state index contributed by atoms with van der Waals surface area (Å²) in [6, 6.07) is 0. The van der Waals surface area contributed by atoms with Crippen molar-refractivity contribution in [2.24, 2.45) is 11.8 Å². The summed E-state index contributed by atoms with van der Waals surface area (Å²) in [6.07, 6.45) is 15.6. The van der Waals surface area contributed by atoms with Gasteiger partial charge >= 0.3 is 0 Å². The second-order valence-corrected chi connectivity index (χ2v) is 6.82. The Bertz CT molecular complexity index is 302. The van der Waals surface area contributed by atoms with E-state index in [1.165, 1.54) is 11.1 Å².